The third kappa shape index (κ3) is 4.96. The highest BCUT2D eigenvalue weighted by Crippen LogP contribution is 2.23. The van der Waals surface area contributed by atoms with Crippen molar-refractivity contribution >= 4 is 21.4 Å². The van der Waals surface area contributed by atoms with Crippen LogP contribution in [0.5, 0.6) is 5.75 Å². The Hall–Kier alpha value is -1.70. The molecule has 0 unspecified atom stereocenters. The Morgan fingerprint density at radius 3 is 2.52 bits per heavy atom. The van der Waals surface area contributed by atoms with Crippen molar-refractivity contribution in [2.24, 2.45) is 5.92 Å². The van der Waals surface area contributed by atoms with Gasteiger partial charge in [-0.2, -0.15) is 8.78 Å². The Bertz CT molecular complexity index is 601. The first kappa shape index (κ1) is 15.7. The lowest BCUT2D eigenvalue weighted by atomic mass is 10.1. The van der Waals surface area contributed by atoms with Crippen LogP contribution < -0.4 is 10.1 Å². The van der Waals surface area contributed by atoms with Crippen molar-refractivity contribution in [2.75, 3.05) is 16.8 Å². The molecule has 1 aliphatic heterocycles. The molecular formula is C13H15F2NO4S. The number of amides is 1. The Morgan fingerprint density at radius 1 is 1.33 bits per heavy atom. The van der Waals surface area contributed by atoms with Crippen LogP contribution in [-0.4, -0.2) is 32.4 Å². The smallest absolute Gasteiger partial charge is 0.387 e. The molecule has 1 amide bonds. The second kappa shape index (κ2) is 6.38. The maximum absolute atomic E-state index is 12.0. The van der Waals surface area contributed by atoms with E-state index in [-0.39, 0.29) is 35.5 Å². The molecule has 1 saturated heterocycles. The molecule has 1 atom stereocenters. The monoisotopic (exact) mass is 319 g/mol. The minimum absolute atomic E-state index is 0.00452. The quantitative estimate of drug-likeness (QED) is 0.901. The van der Waals surface area contributed by atoms with Gasteiger partial charge in [-0.3, -0.25) is 4.79 Å². The lowest BCUT2D eigenvalue weighted by Crippen LogP contribution is -2.17. The Balaban J connectivity index is 1.85. The predicted molar refractivity (Wildman–Crippen MR) is 73.1 cm³/mol. The summed E-state index contributed by atoms with van der Waals surface area (Å²) in [7, 11) is -3.00. The van der Waals surface area contributed by atoms with E-state index in [2.05, 4.69) is 10.1 Å². The van der Waals surface area contributed by atoms with E-state index in [1.165, 1.54) is 24.3 Å². The number of halogens is 2. The number of carbonyl (C=O) groups is 1. The largest absolute Gasteiger partial charge is 0.435 e. The zero-order valence-corrected chi connectivity index (χ0v) is 11.9. The summed E-state index contributed by atoms with van der Waals surface area (Å²) in [5, 5.41) is 2.60. The Morgan fingerprint density at radius 2 is 2.00 bits per heavy atom. The molecule has 0 bridgehead atoms. The number of rotatable bonds is 5. The maximum atomic E-state index is 12.0. The average molecular weight is 319 g/mol. The van der Waals surface area contributed by atoms with Crippen LogP contribution in [0.1, 0.15) is 12.8 Å². The summed E-state index contributed by atoms with van der Waals surface area (Å²) in [4.78, 5) is 11.8. The van der Waals surface area contributed by atoms with Crippen LogP contribution in [0.4, 0.5) is 14.5 Å². The minimum Gasteiger partial charge on any atom is -0.435 e. The molecule has 2 rings (SSSR count). The number of carbonyl (C=O) groups excluding carboxylic acids is 1. The first-order chi connectivity index (χ1) is 9.84. The first-order valence-electron chi connectivity index (χ1n) is 6.39. The van der Waals surface area contributed by atoms with E-state index < -0.39 is 16.4 Å². The molecule has 1 aliphatic rings. The van der Waals surface area contributed by atoms with Crippen LogP contribution in [0.2, 0.25) is 0 Å². The molecule has 0 spiro atoms. The molecule has 21 heavy (non-hydrogen) atoms. The van der Waals surface area contributed by atoms with Crippen LogP contribution in [-0.2, 0) is 14.6 Å². The molecule has 1 fully saturated rings. The number of anilines is 1. The molecule has 1 aromatic carbocycles. The minimum atomic E-state index is -3.00. The van der Waals surface area contributed by atoms with Crippen LogP contribution in [0.3, 0.4) is 0 Å². The number of hydrogen-bond acceptors (Lipinski definition) is 4. The SMILES string of the molecule is O=C(C[C@H]1CCS(=O)(=O)C1)Nc1ccc(OC(F)F)cc1. The fourth-order valence-corrected chi connectivity index (χ4v) is 4.09. The van der Waals surface area contributed by atoms with E-state index in [1.54, 1.807) is 0 Å². The molecule has 0 radical (unpaired) electrons. The van der Waals surface area contributed by atoms with E-state index in [9.17, 15) is 22.0 Å². The van der Waals surface area contributed by atoms with Gasteiger partial charge in [-0.15, -0.1) is 0 Å². The van der Waals surface area contributed by atoms with Gasteiger partial charge < -0.3 is 10.1 Å². The van der Waals surface area contributed by atoms with Crippen molar-refractivity contribution in [1.82, 2.24) is 0 Å². The fourth-order valence-electron chi connectivity index (χ4n) is 2.23. The van der Waals surface area contributed by atoms with Gasteiger partial charge in [-0.25, -0.2) is 8.42 Å². The zero-order chi connectivity index (χ0) is 15.5. The van der Waals surface area contributed by atoms with Crippen LogP contribution in [0, 0.1) is 5.92 Å². The van der Waals surface area contributed by atoms with Crippen molar-refractivity contribution in [1.29, 1.82) is 0 Å². The standard InChI is InChI=1S/C13H15F2NO4S/c14-13(15)20-11-3-1-10(2-4-11)16-12(17)7-9-5-6-21(18,19)8-9/h1-4,9,13H,5-8H2,(H,16,17)/t9-/m1/s1. The first-order valence-corrected chi connectivity index (χ1v) is 8.21. The van der Waals surface area contributed by atoms with E-state index in [1.807, 2.05) is 0 Å². The third-order valence-electron chi connectivity index (χ3n) is 3.16. The highest BCUT2D eigenvalue weighted by atomic mass is 32.2. The molecular weight excluding hydrogens is 304 g/mol. The molecule has 0 aliphatic carbocycles. The zero-order valence-electron chi connectivity index (χ0n) is 11.1. The number of benzene rings is 1. The van der Waals surface area contributed by atoms with Gasteiger partial charge in [0.25, 0.3) is 0 Å². The molecule has 1 aromatic rings. The summed E-state index contributed by atoms with van der Waals surface area (Å²) < 4.78 is 50.8. The summed E-state index contributed by atoms with van der Waals surface area (Å²) in [5.41, 5.74) is 0.447. The second-order valence-electron chi connectivity index (χ2n) is 4.92. The molecule has 0 aromatic heterocycles. The van der Waals surface area contributed by atoms with E-state index >= 15 is 0 Å². The number of alkyl halides is 2. The average Bonchev–Trinajstić information content (AvgIpc) is 2.70. The number of ether oxygens (including phenoxy) is 1. The molecule has 1 heterocycles. The fraction of sp³-hybridized carbons (Fsp3) is 0.462. The van der Waals surface area contributed by atoms with Gasteiger partial charge in [0.1, 0.15) is 5.75 Å². The van der Waals surface area contributed by atoms with Gasteiger partial charge in [0.15, 0.2) is 9.84 Å². The van der Waals surface area contributed by atoms with Crippen molar-refractivity contribution in [3.63, 3.8) is 0 Å². The summed E-state index contributed by atoms with van der Waals surface area (Å²) in [6.45, 7) is -2.89. The highest BCUT2D eigenvalue weighted by molar-refractivity contribution is 7.91. The van der Waals surface area contributed by atoms with Gasteiger partial charge in [-0.05, 0) is 36.6 Å². The number of nitrogens with one attached hydrogen (secondary N) is 1. The van der Waals surface area contributed by atoms with Crippen molar-refractivity contribution in [3.8, 4) is 5.75 Å². The maximum Gasteiger partial charge on any atom is 0.387 e. The van der Waals surface area contributed by atoms with Crippen LogP contribution in [0.25, 0.3) is 0 Å². The third-order valence-corrected chi connectivity index (χ3v) is 5.00. The van der Waals surface area contributed by atoms with Gasteiger partial charge in [0.2, 0.25) is 5.91 Å². The highest BCUT2D eigenvalue weighted by Gasteiger charge is 2.29. The van der Waals surface area contributed by atoms with E-state index in [0.29, 0.717) is 12.1 Å². The van der Waals surface area contributed by atoms with Crippen molar-refractivity contribution in [2.45, 2.75) is 19.5 Å². The Labute approximate surface area is 121 Å². The number of sulfone groups is 1. The lowest BCUT2D eigenvalue weighted by molar-refractivity contribution is -0.116. The van der Waals surface area contributed by atoms with E-state index in [0.717, 1.165) is 0 Å². The van der Waals surface area contributed by atoms with Gasteiger partial charge in [0.05, 0.1) is 11.5 Å². The van der Waals surface area contributed by atoms with Gasteiger partial charge >= 0.3 is 6.61 Å². The molecule has 8 heteroatoms. The predicted octanol–water partition coefficient (Wildman–Crippen LogP) is 2.05. The molecule has 0 saturated carbocycles. The summed E-state index contributed by atoms with van der Waals surface area (Å²) >= 11 is 0. The number of hydrogen-bond donors (Lipinski definition) is 1. The lowest BCUT2D eigenvalue weighted by Gasteiger charge is -2.09. The van der Waals surface area contributed by atoms with Gasteiger partial charge in [-0.1, -0.05) is 0 Å². The Kier molecular flexibility index (Phi) is 4.76. The van der Waals surface area contributed by atoms with Crippen molar-refractivity contribution in [3.05, 3.63) is 24.3 Å². The van der Waals surface area contributed by atoms with Crippen LogP contribution >= 0.6 is 0 Å². The molecule has 5 nitrogen and oxygen atoms in total. The molecule has 1 N–H and O–H groups in total. The summed E-state index contributed by atoms with van der Waals surface area (Å²) in [6.07, 6.45) is 0.630. The normalized spacial score (nSPS) is 20.4. The summed E-state index contributed by atoms with van der Waals surface area (Å²) in [6, 6.07) is 5.53. The summed E-state index contributed by atoms with van der Waals surface area (Å²) in [5.74, 6) is -0.271. The van der Waals surface area contributed by atoms with Crippen LogP contribution in [0.15, 0.2) is 24.3 Å². The van der Waals surface area contributed by atoms with Gasteiger partial charge in [0, 0.05) is 12.1 Å². The topological polar surface area (TPSA) is 72.5 Å². The van der Waals surface area contributed by atoms with Crippen molar-refractivity contribution < 1.29 is 26.7 Å². The second-order valence-corrected chi connectivity index (χ2v) is 7.15. The molecule has 116 valence electrons. The van der Waals surface area contributed by atoms with E-state index in [4.69, 9.17) is 0 Å².